The van der Waals surface area contributed by atoms with Crippen molar-refractivity contribution in [3.63, 3.8) is 0 Å². The van der Waals surface area contributed by atoms with Crippen LogP contribution in [0.25, 0.3) is 0 Å². The largest absolute Gasteiger partial charge is 0.489 e. The van der Waals surface area contributed by atoms with Gasteiger partial charge in [-0.1, -0.05) is 79.7 Å². The summed E-state index contributed by atoms with van der Waals surface area (Å²) in [6, 6.07) is 27.6. The molecular formula is C24H26N2O2. The fourth-order valence-corrected chi connectivity index (χ4v) is 3.25. The van der Waals surface area contributed by atoms with Crippen LogP contribution in [0.5, 0.6) is 5.75 Å². The van der Waals surface area contributed by atoms with Crippen LogP contribution in [-0.2, 0) is 23.5 Å². The Hall–Kier alpha value is -3.11. The maximum absolute atomic E-state index is 12.3. The second-order valence-corrected chi connectivity index (χ2v) is 6.76. The number of benzene rings is 3. The molecular weight excluding hydrogens is 348 g/mol. The molecule has 0 saturated heterocycles. The monoisotopic (exact) mass is 374 g/mol. The van der Waals surface area contributed by atoms with E-state index in [1.54, 1.807) is 0 Å². The summed E-state index contributed by atoms with van der Waals surface area (Å²) < 4.78 is 5.83. The van der Waals surface area contributed by atoms with Crippen LogP contribution in [0.2, 0.25) is 0 Å². The molecule has 0 spiro atoms. The number of carbonyl (C=O) groups is 1. The van der Waals surface area contributed by atoms with Gasteiger partial charge < -0.3 is 10.5 Å². The maximum Gasteiger partial charge on any atom is 0.242 e. The van der Waals surface area contributed by atoms with Gasteiger partial charge in [-0.05, 0) is 35.2 Å². The molecule has 1 unspecified atom stereocenters. The summed E-state index contributed by atoms with van der Waals surface area (Å²) in [5, 5.41) is 3.38. The minimum absolute atomic E-state index is 0.371. The van der Waals surface area contributed by atoms with Crippen LogP contribution in [0, 0.1) is 0 Å². The molecule has 3 aromatic carbocycles. The number of primary amides is 1. The molecule has 1 atom stereocenters. The highest BCUT2D eigenvalue weighted by Crippen LogP contribution is 2.25. The summed E-state index contributed by atoms with van der Waals surface area (Å²) in [6.07, 6.45) is 0.574. The fourth-order valence-electron chi connectivity index (χ4n) is 3.25. The summed E-state index contributed by atoms with van der Waals surface area (Å²) >= 11 is 0. The summed E-state index contributed by atoms with van der Waals surface area (Å²) in [6.45, 7) is 3.03. The summed E-state index contributed by atoms with van der Waals surface area (Å²) in [5.74, 6) is 0.441. The van der Waals surface area contributed by atoms with Gasteiger partial charge in [0.15, 0.2) is 0 Å². The lowest BCUT2D eigenvalue weighted by atomic mass is 9.86. The fraction of sp³-hybridized carbons (Fsp3) is 0.208. The minimum atomic E-state index is -0.885. The number of amides is 1. The highest BCUT2D eigenvalue weighted by atomic mass is 16.5. The van der Waals surface area contributed by atoms with Crippen LogP contribution in [-0.4, -0.2) is 5.91 Å². The van der Waals surface area contributed by atoms with Crippen LogP contribution in [0.1, 0.15) is 30.0 Å². The molecule has 3 N–H and O–H groups in total. The van der Waals surface area contributed by atoms with Crippen LogP contribution < -0.4 is 15.8 Å². The Morgan fingerprint density at radius 3 is 2.07 bits per heavy atom. The number of nitrogens with two attached hydrogens (primary N) is 1. The third-order valence-electron chi connectivity index (χ3n) is 4.98. The Labute approximate surface area is 166 Å². The third kappa shape index (κ3) is 4.59. The second-order valence-electron chi connectivity index (χ2n) is 6.76. The molecule has 1 amide bonds. The lowest BCUT2D eigenvalue weighted by molar-refractivity contribution is -0.125. The van der Waals surface area contributed by atoms with Gasteiger partial charge in [0, 0.05) is 6.54 Å². The van der Waals surface area contributed by atoms with Gasteiger partial charge in [-0.15, -0.1) is 0 Å². The molecule has 3 aromatic rings. The standard InChI is InChI=1S/C24H26N2O2/c1-2-24(23(25)27,21-11-7-4-8-12-21)26-17-19-13-15-22(16-14-19)28-18-20-9-5-3-6-10-20/h3-16,26H,2,17-18H2,1H3,(H2,25,27). The summed E-state index contributed by atoms with van der Waals surface area (Å²) in [4.78, 5) is 12.3. The Balaban J connectivity index is 1.65. The quantitative estimate of drug-likeness (QED) is 0.591. The number of rotatable bonds is 9. The van der Waals surface area contributed by atoms with E-state index in [-0.39, 0.29) is 5.91 Å². The van der Waals surface area contributed by atoms with Gasteiger partial charge in [0.1, 0.15) is 17.9 Å². The van der Waals surface area contributed by atoms with E-state index in [1.165, 1.54) is 0 Å². The average Bonchev–Trinajstić information content (AvgIpc) is 2.75. The van der Waals surface area contributed by atoms with Crippen molar-refractivity contribution >= 4 is 5.91 Å². The second kappa shape index (κ2) is 9.20. The van der Waals surface area contributed by atoms with Crippen molar-refractivity contribution in [2.75, 3.05) is 0 Å². The molecule has 3 rings (SSSR count). The number of nitrogens with one attached hydrogen (secondary N) is 1. The molecule has 0 aliphatic carbocycles. The molecule has 0 saturated carbocycles. The zero-order valence-corrected chi connectivity index (χ0v) is 16.1. The highest BCUT2D eigenvalue weighted by Gasteiger charge is 2.36. The van der Waals surface area contributed by atoms with E-state index >= 15 is 0 Å². The van der Waals surface area contributed by atoms with E-state index in [9.17, 15) is 4.79 Å². The number of ether oxygens (including phenoxy) is 1. The summed E-state index contributed by atoms with van der Waals surface area (Å²) in [7, 11) is 0. The molecule has 0 bridgehead atoms. The van der Waals surface area contributed by atoms with E-state index in [0.29, 0.717) is 19.6 Å². The first kappa shape index (κ1) is 19.6. The van der Waals surface area contributed by atoms with Crippen molar-refractivity contribution in [1.29, 1.82) is 0 Å². The molecule has 28 heavy (non-hydrogen) atoms. The molecule has 0 aliphatic rings. The van der Waals surface area contributed by atoms with Crippen molar-refractivity contribution < 1.29 is 9.53 Å². The number of hydrogen-bond acceptors (Lipinski definition) is 3. The lowest BCUT2D eigenvalue weighted by Crippen LogP contribution is -2.52. The van der Waals surface area contributed by atoms with Gasteiger partial charge in [-0.3, -0.25) is 10.1 Å². The Morgan fingerprint density at radius 2 is 1.50 bits per heavy atom. The van der Waals surface area contributed by atoms with Gasteiger partial charge in [0.25, 0.3) is 0 Å². The van der Waals surface area contributed by atoms with Crippen LogP contribution in [0.3, 0.4) is 0 Å². The zero-order valence-electron chi connectivity index (χ0n) is 16.1. The molecule has 0 fully saturated rings. The molecule has 144 valence electrons. The minimum Gasteiger partial charge on any atom is -0.489 e. The van der Waals surface area contributed by atoms with Gasteiger partial charge in [0.2, 0.25) is 5.91 Å². The van der Waals surface area contributed by atoms with Crippen molar-refractivity contribution in [1.82, 2.24) is 5.32 Å². The number of carbonyl (C=O) groups excluding carboxylic acids is 1. The smallest absolute Gasteiger partial charge is 0.242 e. The third-order valence-corrected chi connectivity index (χ3v) is 4.98. The molecule has 0 aromatic heterocycles. The Kier molecular flexibility index (Phi) is 6.45. The van der Waals surface area contributed by atoms with E-state index in [4.69, 9.17) is 10.5 Å². The Morgan fingerprint density at radius 1 is 0.893 bits per heavy atom. The van der Waals surface area contributed by atoms with E-state index in [1.807, 2.05) is 91.9 Å². The van der Waals surface area contributed by atoms with Crippen LogP contribution in [0.4, 0.5) is 0 Å². The zero-order chi connectivity index (χ0) is 19.8. The first-order chi connectivity index (χ1) is 13.6. The lowest BCUT2D eigenvalue weighted by Gasteiger charge is -2.31. The van der Waals surface area contributed by atoms with Crippen molar-refractivity contribution in [2.24, 2.45) is 5.73 Å². The van der Waals surface area contributed by atoms with Gasteiger partial charge in [0.05, 0.1) is 0 Å². The normalized spacial score (nSPS) is 12.9. The van der Waals surface area contributed by atoms with Gasteiger partial charge >= 0.3 is 0 Å². The van der Waals surface area contributed by atoms with Gasteiger partial charge in [-0.2, -0.15) is 0 Å². The topological polar surface area (TPSA) is 64.3 Å². The van der Waals surface area contributed by atoms with Crippen molar-refractivity contribution in [3.05, 3.63) is 102 Å². The first-order valence-corrected chi connectivity index (χ1v) is 9.50. The van der Waals surface area contributed by atoms with E-state index in [0.717, 1.165) is 22.4 Å². The molecule has 0 radical (unpaired) electrons. The predicted octanol–water partition coefficient (Wildman–Crippen LogP) is 4.15. The maximum atomic E-state index is 12.3. The van der Waals surface area contributed by atoms with Crippen molar-refractivity contribution in [3.8, 4) is 5.75 Å². The van der Waals surface area contributed by atoms with Gasteiger partial charge in [-0.25, -0.2) is 0 Å². The highest BCUT2D eigenvalue weighted by molar-refractivity contribution is 5.86. The number of hydrogen-bond donors (Lipinski definition) is 2. The summed E-state index contributed by atoms with van der Waals surface area (Å²) in [5.41, 5.74) is 7.96. The average molecular weight is 374 g/mol. The van der Waals surface area contributed by atoms with Crippen molar-refractivity contribution in [2.45, 2.75) is 32.0 Å². The van der Waals surface area contributed by atoms with Crippen LogP contribution >= 0.6 is 0 Å². The molecule has 4 nitrogen and oxygen atoms in total. The first-order valence-electron chi connectivity index (χ1n) is 9.50. The van der Waals surface area contributed by atoms with E-state index in [2.05, 4.69) is 5.32 Å². The SMILES string of the molecule is CCC(NCc1ccc(OCc2ccccc2)cc1)(C(N)=O)c1ccccc1. The molecule has 0 aliphatic heterocycles. The molecule has 0 heterocycles. The Bertz CT molecular complexity index is 879. The predicted molar refractivity (Wildman–Crippen MR) is 112 cm³/mol. The van der Waals surface area contributed by atoms with Crippen LogP contribution in [0.15, 0.2) is 84.9 Å². The molecule has 4 heteroatoms. The van der Waals surface area contributed by atoms with E-state index < -0.39 is 5.54 Å².